The smallest absolute Gasteiger partial charge is 0.00923 e. The van der Waals surface area contributed by atoms with Crippen LogP contribution in [0.15, 0.2) is 0 Å². The molecule has 2 heteroatoms. The summed E-state index contributed by atoms with van der Waals surface area (Å²) in [7, 11) is 2.31. The van der Waals surface area contributed by atoms with E-state index in [1.807, 2.05) is 0 Å². The Hall–Kier alpha value is 0.440. The molecule has 0 bridgehead atoms. The molecule has 1 saturated carbocycles. The van der Waals surface area contributed by atoms with Crippen molar-refractivity contribution in [3.05, 3.63) is 0 Å². The van der Waals surface area contributed by atoms with Crippen molar-refractivity contribution in [2.75, 3.05) is 18.9 Å². The SMILES string of the molecule is CCC(CBr)CN(C)C1CCCCC1. The van der Waals surface area contributed by atoms with Crippen molar-refractivity contribution in [3.63, 3.8) is 0 Å². The minimum absolute atomic E-state index is 0.835. The van der Waals surface area contributed by atoms with Crippen molar-refractivity contribution in [2.24, 2.45) is 5.92 Å². The van der Waals surface area contributed by atoms with E-state index in [1.165, 1.54) is 45.1 Å². The number of alkyl halides is 1. The van der Waals surface area contributed by atoms with Gasteiger partial charge in [-0.3, -0.25) is 0 Å². The van der Waals surface area contributed by atoms with Crippen LogP contribution in [0.2, 0.25) is 0 Å². The molecule has 1 aliphatic carbocycles. The van der Waals surface area contributed by atoms with Crippen LogP contribution in [0.1, 0.15) is 45.4 Å². The fourth-order valence-electron chi connectivity index (χ4n) is 2.37. The first-order valence-electron chi connectivity index (χ1n) is 6.04. The highest BCUT2D eigenvalue weighted by molar-refractivity contribution is 9.09. The summed E-state index contributed by atoms with van der Waals surface area (Å²) >= 11 is 3.60. The molecule has 0 aliphatic heterocycles. The lowest BCUT2D eigenvalue weighted by molar-refractivity contribution is 0.170. The topological polar surface area (TPSA) is 3.24 Å². The van der Waals surface area contributed by atoms with Gasteiger partial charge in [0.2, 0.25) is 0 Å². The van der Waals surface area contributed by atoms with Crippen LogP contribution in [0.3, 0.4) is 0 Å². The van der Waals surface area contributed by atoms with Crippen LogP contribution >= 0.6 is 15.9 Å². The molecule has 1 fully saturated rings. The maximum absolute atomic E-state index is 3.60. The number of rotatable bonds is 5. The highest BCUT2D eigenvalue weighted by atomic mass is 79.9. The van der Waals surface area contributed by atoms with Gasteiger partial charge in [0.25, 0.3) is 0 Å². The molecule has 0 aromatic rings. The quantitative estimate of drug-likeness (QED) is 0.683. The maximum Gasteiger partial charge on any atom is 0.00923 e. The predicted octanol–water partition coefficient (Wildman–Crippen LogP) is 3.67. The minimum Gasteiger partial charge on any atom is -0.303 e. The Balaban J connectivity index is 2.27. The van der Waals surface area contributed by atoms with Crippen molar-refractivity contribution < 1.29 is 0 Å². The van der Waals surface area contributed by atoms with Crippen LogP contribution in [0.5, 0.6) is 0 Å². The first-order valence-corrected chi connectivity index (χ1v) is 7.16. The van der Waals surface area contributed by atoms with Gasteiger partial charge in [0, 0.05) is 17.9 Å². The van der Waals surface area contributed by atoms with Crippen LogP contribution in [0, 0.1) is 5.92 Å². The van der Waals surface area contributed by atoms with E-state index in [9.17, 15) is 0 Å². The fraction of sp³-hybridized carbons (Fsp3) is 1.00. The number of nitrogens with zero attached hydrogens (tertiary/aromatic N) is 1. The summed E-state index contributed by atoms with van der Waals surface area (Å²) in [5, 5.41) is 1.15. The molecule has 14 heavy (non-hydrogen) atoms. The van der Waals surface area contributed by atoms with Crippen LogP contribution in [0.25, 0.3) is 0 Å². The van der Waals surface area contributed by atoms with E-state index in [-0.39, 0.29) is 0 Å². The maximum atomic E-state index is 3.60. The largest absolute Gasteiger partial charge is 0.303 e. The lowest BCUT2D eigenvalue weighted by Crippen LogP contribution is -2.37. The standard InChI is InChI=1S/C12H24BrN/c1-3-11(9-13)10-14(2)12-7-5-4-6-8-12/h11-12H,3-10H2,1-2H3. The van der Waals surface area contributed by atoms with Gasteiger partial charge >= 0.3 is 0 Å². The second-order valence-corrected chi connectivity index (χ2v) is 5.31. The molecular weight excluding hydrogens is 238 g/mol. The van der Waals surface area contributed by atoms with Crippen molar-refractivity contribution in [2.45, 2.75) is 51.5 Å². The molecular formula is C12H24BrN. The van der Waals surface area contributed by atoms with E-state index in [1.54, 1.807) is 0 Å². The van der Waals surface area contributed by atoms with Crippen LogP contribution in [-0.2, 0) is 0 Å². The molecule has 0 amide bonds. The van der Waals surface area contributed by atoms with Crippen molar-refractivity contribution >= 4 is 15.9 Å². The van der Waals surface area contributed by atoms with Gasteiger partial charge in [0.15, 0.2) is 0 Å². The summed E-state index contributed by atoms with van der Waals surface area (Å²) < 4.78 is 0. The molecule has 0 aromatic carbocycles. The second kappa shape index (κ2) is 6.84. The zero-order chi connectivity index (χ0) is 10.4. The molecule has 1 aliphatic rings. The van der Waals surface area contributed by atoms with Gasteiger partial charge in [-0.25, -0.2) is 0 Å². The van der Waals surface area contributed by atoms with Gasteiger partial charge in [0.1, 0.15) is 0 Å². The Morgan fingerprint density at radius 2 is 1.93 bits per heavy atom. The minimum atomic E-state index is 0.835. The van der Waals surface area contributed by atoms with Crippen molar-refractivity contribution in [3.8, 4) is 0 Å². The Morgan fingerprint density at radius 1 is 1.29 bits per heavy atom. The Bertz CT molecular complexity index is 139. The third-order valence-electron chi connectivity index (χ3n) is 3.54. The zero-order valence-electron chi connectivity index (χ0n) is 9.64. The molecule has 0 spiro atoms. The van der Waals surface area contributed by atoms with E-state index in [0.717, 1.165) is 17.3 Å². The Labute approximate surface area is 97.4 Å². The van der Waals surface area contributed by atoms with Gasteiger partial charge in [-0.05, 0) is 25.8 Å². The van der Waals surface area contributed by atoms with Crippen LogP contribution in [-0.4, -0.2) is 29.9 Å². The molecule has 0 N–H and O–H groups in total. The first kappa shape index (κ1) is 12.5. The summed E-state index contributed by atoms with van der Waals surface area (Å²) in [6.45, 7) is 3.56. The first-order chi connectivity index (χ1) is 6.77. The van der Waals surface area contributed by atoms with E-state index in [4.69, 9.17) is 0 Å². The average molecular weight is 262 g/mol. The van der Waals surface area contributed by atoms with E-state index < -0.39 is 0 Å². The third kappa shape index (κ3) is 3.90. The monoisotopic (exact) mass is 261 g/mol. The molecule has 0 aromatic heterocycles. The lowest BCUT2D eigenvalue weighted by atomic mass is 9.94. The fourth-order valence-corrected chi connectivity index (χ4v) is 3.03. The van der Waals surface area contributed by atoms with Gasteiger partial charge in [-0.2, -0.15) is 0 Å². The van der Waals surface area contributed by atoms with Crippen molar-refractivity contribution in [1.29, 1.82) is 0 Å². The molecule has 0 heterocycles. The predicted molar refractivity (Wildman–Crippen MR) is 67.1 cm³/mol. The second-order valence-electron chi connectivity index (χ2n) is 4.66. The zero-order valence-corrected chi connectivity index (χ0v) is 11.2. The van der Waals surface area contributed by atoms with Gasteiger partial charge in [0.05, 0.1) is 0 Å². The molecule has 1 rings (SSSR count). The Morgan fingerprint density at radius 3 is 2.43 bits per heavy atom. The van der Waals surface area contributed by atoms with Crippen LogP contribution in [0.4, 0.5) is 0 Å². The Kier molecular flexibility index (Phi) is 6.11. The number of halogens is 1. The van der Waals surface area contributed by atoms with E-state index >= 15 is 0 Å². The third-order valence-corrected chi connectivity index (χ3v) is 4.46. The summed E-state index contributed by atoms with van der Waals surface area (Å²) in [5.74, 6) is 0.835. The van der Waals surface area contributed by atoms with Gasteiger partial charge in [-0.15, -0.1) is 0 Å². The highest BCUT2D eigenvalue weighted by Gasteiger charge is 2.19. The summed E-state index contributed by atoms with van der Waals surface area (Å²) in [6.07, 6.45) is 8.49. The molecule has 1 atom stereocenters. The molecule has 0 radical (unpaired) electrons. The van der Waals surface area contributed by atoms with Crippen molar-refractivity contribution in [1.82, 2.24) is 4.90 Å². The molecule has 0 saturated heterocycles. The van der Waals surface area contributed by atoms with Gasteiger partial charge < -0.3 is 4.90 Å². The number of hydrogen-bond donors (Lipinski definition) is 0. The summed E-state index contributed by atoms with van der Waals surface area (Å²) in [6, 6.07) is 0.872. The highest BCUT2D eigenvalue weighted by Crippen LogP contribution is 2.22. The number of hydrogen-bond acceptors (Lipinski definition) is 1. The van der Waals surface area contributed by atoms with E-state index in [0.29, 0.717) is 0 Å². The molecule has 1 unspecified atom stereocenters. The lowest BCUT2D eigenvalue weighted by Gasteiger charge is -2.33. The van der Waals surface area contributed by atoms with E-state index in [2.05, 4.69) is 34.8 Å². The normalized spacial score (nSPS) is 21.4. The summed E-state index contributed by atoms with van der Waals surface area (Å²) in [5.41, 5.74) is 0. The van der Waals surface area contributed by atoms with Gasteiger partial charge in [-0.1, -0.05) is 48.5 Å². The summed E-state index contributed by atoms with van der Waals surface area (Å²) in [4.78, 5) is 2.59. The molecule has 84 valence electrons. The average Bonchev–Trinajstić information content (AvgIpc) is 2.26. The molecule has 1 nitrogen and oxygen atoms in total. The van der Waals surface area contributed by atoms with Crippen LogP contribution < -0.4 is 0 Å².